The number of anilines is 1. The number of halogens is 1. The van der Waals surface area contributed by atoms with Gasteiger partial charge in [0, 0.05) is 17.3 Å². The topological polar surface area (TPSA) is 21.3 Å². The maximum Gasteiger partial charge on any atom is 0.118 e. The second-order valence-corrected chi connectivity index (χ2v) is 4.90. The fraction of sp³-hybridized carbons (Fsp3) is 0.250. The Bertz CT molecular complexity index is 537. The highest BCUT2D eigenvalue weighted by Gasteiger charge is 1.98. The van der Waals surface area contributed by atoms with Gasteiger partial charge in [-0.25, -0.2) is 0 Å². The van der Waals surface area contributed by atoms with Crippen molar-refractivity contribution in [2.24, 2.45) is 0 Å². The molecule has 0 saturated heterocycles. The Balaban J connectivity index is 1.86. The van der Waals surface area contributed by atoms with Crippen LogP contribution in [0, 0.1) is 6.92 Å². The summed E-state index contributed by atoms with van der Waals surface area (Å²) < 4.78 is 5.14. The summed E-state index contributed by atoms with van der Waals surface area (Å²) in [5.74, 6) is 0.891. The molecule has 0 aliphatic rings. The van der Waals surface area contributed by atoms with Crippen LogP contribution in [0.3, 0.4) is 0 Å². The Morgan fingerprint density at radius 1 is 1.11 bits per heavy atom. The van der Waals surface area contributed by atoms with Gasteiger partial charge in [-0.3, -0.25) is 0 Å². The molecule has 0 aliphatic heterocycles. The van der Waals surface area contributed by atoms with Gasteiger partial charge in [-0.05, 0) is 48.7 Å². The third-order valence-corrected chi connectivity index (χ3v) is 3.48. The van der Waals surface area contributed by atoms with Crippen LogP contribution in [0.5, 0.6) is 5.75 Å². The van der Waals surface area contributed by atoms with E-state index in [1.54, 1.807) is 7.11 Å². The van der Waals surface area contributed by atoms with E-state index in [9.17, 15) is 0 Å². The number of ether oxygens (including phenoxy) is 1. The van der Waals surface area contributed by atoms with E-state index < -0.39 is 0 Å². The van der Waals surface area contributed by atoms with Gasteiger partial charge >= 0.3 is 0 Å². The number of benzene rings is 2. The van der Waals surface area contributed by atoms with Gasteiger partial charge in [-0.2, -0.15) is 0 Å². The molecule has 0 aromatic heterocycles. The number of aryl methyl sites for hydroxylation is 1. The molecule has 0 saturated carbocycles. The van der Waals surface area contributed by atoms with Crippen LogP contribution in [-0.4, -0.2) is 13.7 Å². The van der Waals surface area contributed by atoms with Crippen LogP contribution in [0.15, 0.2) is 42.5 Å². The molecule has 0 spiro atoms. The van der Waals surface area contributed by atoms with Crippen LogP contribution in [0.2, 0.25) is 5.02 Å². The Morgan fingerprint density at radius 2 is 1.84 bits per heavy atom. The standard InChI is InChI=1S/C16H18ClNO/c1-12-3-6-14(11-16(12)17)18-10-9-13-4-7-15(19-2)8-5-13/h3-8,11,18H,9-10H2,1-2H3. The second kappa shape index (κ2) is 6.48. The third kappa shape index (κ3) is 3.90. The van der Waals surface area contributed by atoms with Gasteiger partial charge in [0.05, 0.1) is 7.11 Å². The summed E-state index contributed by atoms with van der Waals surface area (Å²) >= 11 is 6.09. The molecule has 1 N–H and O–H groups in total. The van der Waals surface area contributed by atoms with E-state index in [1.165, 1.54) is 5.56 Å². The molecule has 0 aliphatic carbocycles. The molecular weight excluding hydrogens is 258 g/mol. The molecule has 3 heteroatoms. The molecule has 2 nitrogen and oxygen atoms in total. The van der Waals surface area contributed by atoms with Crippen LogP contribution in [-0.2, 0) is 6.42 Å². The van der Waals surface area contributed by atoms with Crippen molar-refractivity contribution in [1.29, 1.82) is 0 Å². The van der Waals surface area contributed by atoms with Crippen molar-refractivity contribution in [3.8, 4) is 5.75 Å². The molecule has 2 aromatic rings. The molecule has 100 valence electrons. The van der Waals surface area contributed by atoms with Crippen molar-refractivity contribution >= 4 is 17.3 Å². The smallest absolute Gasteiger partial charge is 0.118 e. The number of methoxy groups -OCH3 is 1. The molecule has 0 radical (unpaired) electrons. The monoisotopic (exact) mass is 275 g/mol. The minimum absolute atomic E-state index is 0.800. The molecule has 0 amide bonds. The lowest BCUT2D eigenvalue weighted by Crippen LogP contribution is -2.04. The van der Waals surface area contributed by atoms with E-state index >= 15 is 0 Å². The van der Waals surface area contributed by atoms with Gasteiger partial charge in [-0.1, -0.05) is 29.8 Å². The summed E-state index contributed by atoms with van der Waals surface area (Å²) in [5.41, 5.74) is 3.44. The van der Waals surface area contributed by atoms with Gasteiger partial charge in [-0.15, -0.1) is 0 Å². The zero-order valence-corrected chi connectivity index (χ0v) is 12.0. The van der Waals surface area contributed by atoms with Gasteiger partial charge in [0.1, 0.15) is 5.75 Å². The predicted molar refractivity (Wildman–Crippen MR) is 81.4 cm³/mol. The molecule has 0 unspecified atom stereocenters. The van der Waals surface area contributed by atoms with Gasteiger partial charge in [0.15, 0.2) is 0 Å². The largest absolute Gasteiger partial charge is 0.497 e. The predicted octanol–water partition coefficient (Wildman–Crippen LogP) is 4.31. The second-order valence-electron chi connectivity index (χ2n) is 4.49. The van der Waals surface area contributed by atoms with Gasteiger partial charge in [0.25, 0.3) is 0 Å². The van der Waals surface area contributed by atoms with E-state index in [0.717, 1.165) is 35.0 Å². The van der Waals surface area contributed by atoms with Crippen LogP contribution < -0.4 is 10.1 Å². The first-order valence-electron chi connectivity index (χ1n) is 6.32. The van der Waals surface area contributed by atoms with Crippen molar-refractivity contribution in [1.82, 2.24) is 0 Å². The Kier molecular flexibility index (Phi) is 4.69. The lowest BCUT2D eigenvalue weighted by atomic mass is 10.1. The molecular formula is C16H18ClNO. The van der Waals surface area contributed by atoms with E-state index in [-0.39, 0.29) is 0 Å². The van der Waals surface area contributed by atoms with E-state index in [4.69, 9.17) is 16.3 Å². The highest BCUT2D eigenvalue weighted by atomic mass is 35.5. The SMILES string of the molecule is COc1ccc(CCNc2ccc(C)c(Cl)c2)cc1. The zero-order valence-electron chi connectivity index (χ0n) is 11.2. The Hall–Kier alpha value is -1.67. The Labute approximate surface area is 119 Å². The number of rotatable bonds is 5. The number of hydrogen-bond donors (Lipinski definition) is 1. The Morgan fingerprint density at radius 3 is 2.47 bits per heavy atom. The molecule has 0 bridgehead atoms. The van der Waals surface area contributed by atoms with Crippen molar-refractivity contribution in [2.45, 2.75) is 13.3 Å². The minimum Gasteiger partial charge on any atom is -0.497 e. The normalized spacial score (nSPS) is 10.3. The van der Waals surface area contributed by atoms with E-state index in [0.29, 0.717) is 0 Å². The quantitative estimate of drug-likeness (QED) is 0.878. The van der Waals surface area contributed by atoms with E-state index in [1.807, 2.05) is 31.2 Å². The van der Waals surface area contributed by atoms with Gasteiger partial charge < -0.3 is 10.1 Å². The molecule has 0 heterocycles. The summed E-state index contributed by atoms with van der Waals surface area (Å²) in [4.78, 5) is 0. The highest BCUT2D eigenvalue weighted by Crippen LogP contribution is 2.20. The fourth-order valence-electron chi connectivity index (χ4n) is 1.85. The van der Waals surface area contributed by atoms with Crippen molar-refractivity contribution < 1.29 is 4.74 Å². The van der Waals surface area contributed by atoms with Crippen molar-refractivity contribution in [3.63, 3.8) is 0 Å². The third-order valence-electron chi connectivity index (χ3n) is 3.07. The summed E-state index contributed by atoms with van der Waals surface area (Å²) in [7, 11) is 1.68. The van der Waals surface area contributed by atoms with Crippen LogP contribution >= 0.6 is 11.6 Å². The average molecular weight is 276 g/mol. The molecule has 19 heavy (non-hydrogen) atoms. The van der Waals surface area contributed by atoms with Crippen LogP contribution in [0.1, 0.15) is 11.1 Å². The van der Waals surface area contributed by atoms with Crippen LogP contribution in [0.4, 0.5) is 5.69 Å². The molecule has 2 rings (SSSR count). The lowest BCUT2D eigenvalue weighted by molar-refractivity contribution is 0.414. The summed E-state index contributed by atoms with van der Waals surface area (Å²) in [5, 5.41) is 4.17. The fourth-order valence-corrected chi connectivity index (χ4v) is 2.03. The first-order valence-corrected chi connectivity index (χ1v) is 6.70. The first-order chi connectivity index (χ1) is 9.19. The maximum atomic E-state index is 6.09. The number of hydrogen-bond acceptors (Lipinski definition) is 2. The summed E-state index contributed by atoms with van der Waals surface area (Å²) in [6.45, 7) is 2.88. The molecule has 0 atom stereocenters. The number of nitrogens with one attached hydrogen (secondary N) is 1. The zero-order chi connectivity index (χ0) is 13.7. The lowest BCUT2D eigenvalue weighted by Gasteiger charge is -2.08. The van der Waals surface area contributed by atoms with E-state index in [2.05, 4.69) is 23.5 Å². The van der Waals surface area contributed by atoms with Crippen LogP contribution in [0.25, 0.3) is 0 Å². The molecule has 0 fully saturated rings. The maximum absolute atomic E-state index is 6.09. The summed E-state index contributed by atoms with van der Waals surface area (Å²) in [6, 6.07) is 14.2. The highest BCUT2D eigenvalue weighted by molar-refractivity contribution is 6.31. The first kappa shape index (κ1) is 13.8. The van der Waals surface area contributed by atoms with Crippen molar-refractivity contribution in [2.75, 3.05) is 19.0 Å². The average Bonchev–Trinajstić information content (AvgIpc) is 2.43. The van der Waals surface area contributed by atoms with Gasteiger partial charge in [0.2, 0.25) is 0 Å². The minimum atomic E-state index is 0.800. The summed E-state index contributed by atoms with van der Waals surface area (Å²) in [6.07, 6.45) is 0.968. The molecule has 2 aromatic carbocycles. The van der Waals surface area contributed by atoms with Crippen molar-refractivity contribution in [3.05, 3.63) is 58.6 Å².